The maximum absolute atomic E-state index is 10.8. The molecule has 0 aromatic heterocycles. The quantitative estimate of drug-likeness (QED) is 0.574. The zero-order chi connectivity index (χ0) is 13.5. The van der Waals surface area contributed by atoms with Crippen LogP contribution in [0.2, 0.25) is 0 Å². The van der Waals surface area contributed by atoms with Crippen LogP contribution in [0, 0.1) is 16.7 Å². The van der Waals surface area contributed by atoms with E-state index in [9.17, 15) is 15.3 Å². The van der Waals surface area contributed by atoms with Gasteiger partial charge in [-0.25, -0.2) is 0 Å². The highest BCUT2D eigenvalue weighted by Crippen LogP contribution is 2.65. The lowest BCUT2D eigenvalue weighted by Gasteiger charge is -2.62. The molecular weight excluding hydrogens is 228 g/mol. The van der Waals surface area contributed by atoms with Gasteiger partial charge in [0, 0.05) is 11.3 Å². The molecule has 5 atom stereocenters. The summed E-state index contributed by atoms with van der Waals surface area (Å²) in [5.74, 6) is 0.165. The van der Waals surface area contributed by atoms with Crippen LogP contribution in [0.5, 0.6) is 0 Å². The number of rotatable bonds is 0. The Kier molecular flexibility index (Phi) is 2.24. The Morgan fingerprint density at radius 3 is 2.28 bits per heavy atom. The summed E-state index contributed by atoms with van der Waals surface area (Å²) in [7, 11) is 0. The number of aliphatic hydroxyl groups is 3. The molecule has 3 aliphatic rings. The first-order chi connectivity index (χ1) is 8.13. The van der Waals surface area contributed by atoms with E-state index in [1.807, 2.05) is 13.8 Å². The fraction of sp³-hybridized carbons (Fsp3) is 0.867. The van der Waals surface area contributed by atoms with E-state index in [2.05, 4.69) is 13.8 Å². The van der Waals surface area contributed by atoms with E-state index in [4.69, 9.17) is 0 Å². The second kappa shape index (κ2) is 3.20. The SMILES string of the molecule is CC1=C2CC(C)(C)C(O)C2CC2(C)CC(O)C12O. The summed E-state index contributed by atoms with van der Waals surface area (Å²) in [6, 6.07) is 0. The van der Waals surface area contributed by atoms with Crippen molar-refractivity contribution in [3.05, 3.63) is 11.1 Å². The predicted molar refractivity (Wildman–Crippen MR) is 68.9 cm³/mol. The Morgan fingerprint density at radius 2 is 1.72 bits per heavy atom. The number of fused-ring (bicyclic) bond motifs is 2. The van der Waals surface area contributed by atoms with Crippen LogP contribution < -0.4 is 0 Å². The van der Waals surface area contributed by atoms with Gasteiger partial charge in [0.15, 0.2) is 0 Å². The first-order valence-electron chi connectivity index (χ1n) is 6.92. The van der Waals surface area contributed by atoms with Crippen molar-refractivity contribution in [2.75, 3.05) is 0 Å². The summed E-state index contributed by atoms with van der Waals surface area (Å²) < 4.78 is 0. The maximum atomic E-state index is 10.8. The molecule has 0 aromatic rings. The van der Waals surface area contributed by atoms with Gasteiger partial charge in [-0.1, -0.05) is 26.3 Å². The summed E-state index contributed by atoms with van der Waals surface area (Å²) in [5, 5.41) is 31.3. The van der Waals surface area contributed by atoms with Gasteiger partial charge in [-0.3, -0.25) is 0 Å². The van der Waals surface area contributed by atoms with Crippen molar-refractivity contribution >= 4 is 0 Å². The lowest BCUT2D eigenvalue weighted by molar-refractivity contribution is -0.232. The third-order valence-electron chi connectivity index (χ3n) is 6.05. The van der Waals surface area contributed by atoms with Crippen molar-refractivity contribution in [3.8, 4) is 0 Å². The van der Waals surface area contributed by atoms with Gasteiger partial charge in [0.1, 0.15) is 5.60 Å². The van der Waals surface area contributed by atoms with Gasteiger partial charge >= 0.3 is 0 Å². The Bertz CT molecular complexity index is 439. The van der Waals surface area contributed by atoms with Crippen LogP contribution in [0.25, 0.3) is 0 Å². The smallest absolute Gasteiger partial charge is 0.117 e. The summed E-state index contributed by atoms with van der Waals surface area (Å²) >= 11 is 0. The first-order valence-corrected chi connectivity index (χ1v) is 6.92. The van der Waals surface area contributed by atoms with E-state index in [0.29, 0.717) is 6.42 Å². The Balaban J connectivity index is 2.11. The van der Waals surface area contributed by atoms with Crippen molar-refractivity contribution in [2.45, 2.75) is 64.8 Å². The number of hydrogen-bond donors (Lipinski definition) is 3. The third-order valence-corrected chi connectivity index (χ3v) is 6.05. The molecule has 0 radical (unpaired) electrons. The highest BCUT2D eigenvalue weighted by molar-refractivity contribution is 5.41. The van der Waals surface area contributed by atoms with Crippen LogP contribution in [0.15, 0.2) is 11.1 Å². The molecule has 3 heteroatoms. The lowest BCUT2D eigenvalue weighted by atomic mass is 9.47. The third kappa shape index (κ3) is 1.16. The Labute approximate surface area is 109 Å². The molecule has 0 amide bonds. The van der Waals surface area contributed by atoms with Crippen molar-refractivity contribution in [1.82, 2.24) is 0 Å². The zero-order valence-electron chi connectivity index (χ0n) is 11.7. The topological polar surface area (TPSA) is 60.7 Å². The van der Waals surface area contributed by atoms with E-state index in [0.717, 1.165) is 18.4 Å². The molecule has 0 aromatic carbocycles. The van der Waals surface area contributed by atoms with E-state index >= 15 is 0 Å². The summed E-state index contributed by atoms with van der Waals surface area (Å²) in [5.41, 5.74) is 0.657. The van der Waals surface area contributed by atoms with E-state index in [1.54, 1.807) is 0 Å². The molecule has 0 heterocycles. The molecule has 0 bridgehead atoms. The minimum Gasteiger partial charge on any atom is -0.392 e. The minimum atomic E-state index is -1.06. The second-order valence-electron chi connectivity index (χ2n) is 7.62. The number of hydrogen-bond acceptors (Lipinski definition) is 3. The van der Waals surface area contributed by atoms with Crippen molar-refractivity contribution in [1.29, 1.82) is 0 Å². The monoisotopic (exact) mass is 252 g/mol. The largest absolute Gasteiger partial charge is 0.392 e. The predicted octanol–water partition coefficient (Wildman–Crippen LogP) is 1.62. The molecule has 18 heavy (non-hydrogen) atoms. The molecular formula is C15H24O3. The summed E-state index contributed by atoms with van der Waals surface area (Å²) in [4.78, 5) is 0. The van der Waals surface area contributed by atoms with E-state index in [1.165, 1.54) is 5.57 Å². The van der Waals surface area contributed by atoms with Crippen molar-refractivity contribution in [3.63, 3.8) is 0 Å². The highest BCUT2D eigenvalue weighted by Gasteiger charge is 2.68. The Hall–Kier alpha value is -0.380. The normalized spacial score (nSPS) is 53.8. The molecule has 3 nitrogen and oxygen atoms in total. The van der Waals surface area contributed by atoms with Crippen LogP contribution >= 0.6 is 0 Å². The van der Waals surface area contributed by atoms with Crippen molar-refractivity contribution in [2.24, 2.45) is 16.7 Å². The molecule has 3 N–H and O–H groups in total. The van der Waals surface area contributed by atoms with Gasteiger partial charge in [0.25, 0.3) is 0 Å². The van der Waals surface area contributed by atoms with Gasteiger partial charge in [0.2, 0.25) is 0 Å². The van der Waals surface area contributed by atoms with E-state index in [-0.39, 0.29) is 22.9 Å². The molecule has 0 aliphatic heterocycles. The van der Waals surface area contributed by atoms with Gasteiger partial charge in [-0.15, -0.1) is 0 Å². The Morgan fingerprint density at radius 1 is 1.11 bits per heavy atom. The van der Waals surface area contributed by atoms with Gasteiger partial charge in [-0.05, 0) is 37.2 Å². The molecule has 3 rings (SSSR count). The fourth-order valence-corrected chi connectivity index (χ4v) is 4.78. The highest BCUT2D eigenvalue weighted by atomic mass is 16.3. The molecule has 0 spiro atoms. The van der Waals surface area contributed by atoms with Crippen molar-refractivity contribution < 1.29 is 15.3 Å². The van der Waals surface area contributed by atoms with Crippen LogP contribution in [-0.2, 0) is 0 Å². The van der Waals surface area contributed by atoms with Crippen LogP contribution in [0.1, 0.15) is 47.0 Å². The van der Waals surface area contributed by atoms with Gasteiger partial charge in [0.05, 0.1) is 12.2 Å². The average molecular weight is 252 g/mol. The summed E-state index contributed by atoms with van der Waals surface area (Å²) in [6.45, 7) is 8.15. The maximum Gasteiger partial charge on any atom is 0.117 e. The first kappa shape index (κ1) is 12.6. The van der Waals surface area contributed by atoms with Crippen LogP contribution in [0.4, 0.5) is 0 Å². The van der Waals surface area contributed by atoms with Gasteiger partial charge in [-0.2, -0.15) is 0 Å². The molecule has 102 valence electrons. The van der Waals surface area contributed by atoms with Gasteiger partial charge < -0.3 is 15.3 Å². The standard InChI is InChI=1S/C15H24O3/c1-8-9-5-13(2,3)12(17)10(9)6-14(4)7-11(16)15(8,14)18/h10-12,16-18H,5-7H2,1-4H3. The average Bonchev–Trinajstić information content (AvgIpc) is 2.49. The van der Waals surface area contributed by atoms with Crippen LogP contribution in [0.3, 0.4) is 0 Å². The lowest BCUT2D eigenvalue weighted by Crippen LogP contribution is -2.69. The van der Waals surface area contributed by atoms with Crippen LogP contribution in [-0.4, -0.2) is 33.1 Å². The molecule has 5 unspecified atom stereocenters. The van der Waals surface area contributed by atoms with E-state index < -0.39 is 11.7 Å². The summed E-state index contributed by atoms with van der Waals surface area (Å²) in [6.07, 6.45) is 1.28. The fourth-order valence-electron chi connectivity index (χ4n) is 4.78. The molecule has 0 saturated heterocycles. The second-order valence-corrected chi connectivity index (χ2v) is 7.62. The number of aliphatic hydroxyl groups excluding tert-OH is 2. The molecule has 3 aliphatic carbocycles. The molecule has 2 saturated carbocycles. The zero-order valence-corrected chi connectivity index (χ0v) is 11.7. The minimum absolute atomic E-state index is 0.122. The molecule has 2 fully saturated rings.